The Balaban J connectivity index is 1.23. The van der Waals surface area contributed by atoms with E-state index in [1.165, 1.54) is 87.3 Å². The van der Waals surface area contributed by atoms with Gasteiger partial charge in [-0.25, -0.2) is 0 Å². The molecule has 4 nitrogen and oxygen atoms in total. The van der Waals surface area contributed by atoms with Crippen molar-refractivity contribution >= 4 is 28.1 Å². The number of benzene rings is 2. The SMILES string of the molecule is O=C1c2cccc3c(N4CCCN(CC5CCCCC5)CC4)ccc(c23)N1CC1CCC1. The van der Waals surface area contributed by atoms with Gasteiger partial charge >= 0.3 is 0 Å². The van der Waals surface area contributed by atoms with Crippen molar-refractivity contribution in [3.8, 4) is 0 Å². The fourth-order valence-electron chi connectivity index (χ4n) is 6.55. The van der Waals surface area contributed by atoms with Crippen molar-refractivity contribution in [2.24, 2.45) is 11.8 Å². The molecule has 6 rings (SSSR count). The van der Waals surface area contributed by atoms with Gasteiger partial charge in [0.2, 0.25) is 0 Å². The lowest BCUT2D eigenvalue weighted by molar-refractivity contribution is 0.0984. The first kappa shape index (κ1) is 20.5. The van der Waals surface area contributed by atoms with Crippen LogP contribution in [0.1, 0.15) is 68.1 Å². The highest BCUT2D eigenvalue weighted by Crippen LogP contribution is 2.43. The number of hydrogen-bond donors (Lipinski definition) is 0. The van der Waals surface area contributed by atoms with E-state index in [1.807, 2.05) is 6.07 Å². The van der Waals surface area contributed by atoms with Gasteiger partial charge in [-0.2, -0.15) is 0 Å². The molecule has 4 aliphatic rings. The molecule has 0 spiro atoms. The maximum Gasteiger partial charge on any atom is 0.259 e. The summed E-state index contributed by atoms with van der Waals surface area (Å²) in [5, 5.41) is 2.46. The van der Waals surface area contributed by atoms with E-state index >= 15 is 0 Å². The molecule has 3 fully saturated rings. The fraction of sp³-hybridized carbons (Fsp3) is 0.607. The maximum atomic E-state index is 13.2. The Hall–Kier alpha value is -2.07. The molecule has 2 saturated carbocycles. The highest BCUT2D eigenvalue weighted by Gasteiger charge is 2.34. The summed E-state index contributed by atoms with van der Waals surface area (Å²) >= 11 is 0. The van der Waals surface area contributed by atoms with E-state index in [1.54, 1.807) is 0 Å². The summed E-state index contributed by atoms with van der Waals surface area (Å²) < 4.78 is 0. The lowest BCUT2D eigenvalue weighted by atomic mass is 9.85. The first-order valence-electron chi connectivity index (χ1n) is 13.1. The first-order chi connectivity index (χ1) is 15.8. The van der Waals surface area contributed by atoms with E-state index in [0.29, 0.717) is 5.92 Å². The monoisotopic (exact) mass is 431 g/mol. The van der Waals surface area contributed by atoms with Crippen LogP contribution in [0.4, 0.5) is 11.4 Å². The van der Waals surface area contributed by atoms with Crippen molar-refractivity contribution in [1.29, 1.82) is 0 Å². The fourth-order valence-corrected chi connectivity index (χ4v) is 6.55. The van der Waals surface area contributed by atoms with Gasteiger partial charge in [0.1, 0.15) is 0 Å². The van der Waals surface area contributed by atoms with Crippen LogP contribution >= 0.6 is 0 Å². The number of carbonyl (C=O) groups excluding carboxylic acids is 1. The van der Waals surface area contributed by atoms with Crippen molar-refractivity contribution in [2.45, 2.75) is 57.8 Å². The second-order valence-electron chi connectivity index (χ2n) is 10.7. The van der Waals surface area contributed by atoms with Crippen molar-refractivity contribution in [3.63, 3.8) is 0 Å². The Labute approximate surface area is 192 Å². The van der Waals surface area contributed by atoms with Crippen LogP contribution in [0.25, 0.3) is 10.8 Å². The predicted molar refractivity (Wildman–Crippen MR) is 133 cm³/mol. The van der Waals surface area contributed by atoms with Gasteiger partial charge in [-0.1, -0.05) is 37.8 Å². The van der Waals surface area contributed by atoms with Crippen LogP contribution in [0.2, 0.25) is 0 Å². The van der Waals surface area contributed by atoms with Crippen molar-refractivity contribution in [3.05, 3.63) is 35.9 Å². The molecule has 2 aromatic carbocycles. The second-order valence-corrected chi connectivity index (χ2v) is 10.7. The predicted octanol–water partition coefficient (Wildman–Crippen LogP) is 5.69. The molecule has 2 aliphatic carbocycles. The molecule has 170 valence electrons. The molecule has 0 radical (unpaired) electrons. The minimum absolute atomic E-state index is 0.212. The first-order valence-corrected chi connectivity index (χ1v) is 13.1. The molecule has 32 heavy (non-hydrogen) atoms. The Kier molecular flexibility index (Phi) is 5.58. The summed E-state index contributed by atoms with van der Waals surface area (Å²) in [7, 11) is 0. The lowest BCUT2D eigenvalue weighted by Crippen LogP contribution is -2.35. The Morgan fingerprint density at radius 3 is 2.31 bits per heavy atom. The van der Waals surface area contributed by atoms with Gasteiger partial charge in [0, 0.05) is 54.7 Å². The normalized spacial score (nSPS) is 23.1. The Morgan fingerprint density at radius 2 is 1.50 bits per heavy atom. The zero-order chi connectivity index (χ0) is 21.5. The average Bonchev–Trinajstić information content (AvgIpc) is 2.92. The number of hydrogen-bond acceptors (Lipinski definition) is 3. The standard InChI is InChI=1S/C28H37N3O/c32-28-24-12-5-11-23-25(13-14-26(27(23)24)31(28)20-22-9-4-10-22)30-16-6-15-29(17-18-30)19-21-7-2-1-3-8-21/h5,11-14,21-22H,1-4,6-10,15-20H2. The molecular formula is C28H37N3O. The second kappa shape index (κ2) is 8.70. The molecule has 2 aromatic rings. The molecular weight excluding hydrogens is 394 g/mol. The van der Waals surface area contributed by atoms with Crippen LogP contribution in [0.3, 0.4) is 0 Å². The van der Waals surface area contributed by atoms with E-state index in [2.05, 4.69) is 39.0 Å². The zero-order valence-corrected chi connectivity index (χ0v) is 19.4. The number of nitrogens with zero attached hydrogens (tertiary/aromatic N) is 3. The van der Waals surface area contributed by atoms with E-state index in [4.69, 9.17) is 0 Å². The number of rotatable bonds is 5. The molecule has 1 amide bonds. The molecule has 0 atom stereocenters. The van der Waals surface area contributed by atoms with Gasteiger partial charge < -0.3 is 14.7 Å². The number of carbonyl (C=O) groups is 1. The zero-order valence-electron chi connectivity index (χ0n) is 19.4. The van der Waals surface area contributed by atoms with E-state index in [0.717, 1.165) is 43.3 Å². The van der Waals surface area contributed by atoms with Crippen molar-refractivity contribution < 1.29 is 4.79 Å². The van der Waals surface area contributed by atoms with Gasteiger partial charge in [0.25, 0.3) is 5.91 Å². The molecule has 2 heterocycles. The van der Waals surface area contributed by atoms with Crippen LogP contribution in [0.15, 0.2) is 30.3 Å². The van der Waals surface area contributed by atoms with E-state index in [-0.39, 0.29) is 5.91 Å². The quantitative estimate of drug-likeness (QED) is 0.608. The van der Waals surface area contributed by atoms with E-state index < -0.39 is 0 Å². The van der Waals surface area contributed by atoms with Gasteiger partial charge in [0.15, 0.2) is 0 Å². The third-order valence-electron chi connectivity index (χ3n) is 8.60. The van der Waals surface area contributed by atoms with Crippen LogP contribution in [0, 0.1) is 11.8 Å². The van der Waals surface area contributed by atoms with E-state index in [9.17, 15) is 4.79 Å². The Bertz CT molecular complexity index is 992. The summed E-state index contributed by atoms with van der Waals surface area (Å²) in [6, 6.07) is 10.9. The minimum Gasteiger partial charge on any atom is -0.370 e. The Morgan fingerprint density at radius 1 is 0.719 bits per heavy atom. The van der Waals surface area contributed by atoms with Crippen molar-refractivity contribution in [2.75, 3.05) is 49.1 Å². The van der Waals surface area contributed by atoms with Crippen molar-refractivity contribution in [1.82, 2.24) is 4.90 Å². The average molecular weight is 432 g/mol. The largest absolute Gasteiger partial charge is 0.370 e. The molecule has 4 heteroatoms. The number of amides is 1. The highest BCUT2D eigenvalue weighted by atomic mass is 16.2. The smallest absolute Gasteiger partial charge is 0.259 e. The molecule has 2 aliphatic heterocycles. The van der Waals surface area contributed by atoms with Crippen LogP contribution in [-0.4, -0.2) is 50.1 Å². The van der Waals surface area contributed by atoms with Gasteiger partial charge in [-0.15, -0.1) is 0 Å². The van der Waals surface area contributed by atoms with Crippen LogP contribution in [0.5, 0.6) is 0 Å². The highest BCUT2D eigenvalue weighted by molar-refractivity contribution is 6.26. The maximum absolute atomic E-state index is 13.2. The number of anilines is 2. The molecule has 0 bridgehead atoms. The van der Waals surface area contributed by atoms with Gasteiger partial charge in [0.05, 0.1) is 5.69 Å². The molecule has 0 N–H and O–H groups in total. The third kappa shape index (κ3) is 3.71. The summed E-state index contributed by atoms with van der Waals surface area (Å²) in [5.74, 6) is 1.81. The third-order valence-corrected chi connectivity index (χ3v) is 8.60. The summed E-state index contributed by atoms with van der Waals surface area (Å²) in [4.78, 5) is 20.6. The summed E-state index contributed by atoms with van der Waals surface area (Å²) in [5.41, 5.74) is 3.38. The molecule has 0 unspecified atom stereocenters. The topological polar surface area (TPSA) is 26.8 Å². The lowest BCUT2D eigenvalue weighted by Gasteiger charge is -2.31. The summed E-state index contributed by atoms with van der Waals surface area (Å²) in [6.45, 7) is 6.77. The summed E-state index contributed by atoms with van der Waals surface area (Å²) in [6.07, 6.45) is 12.3. The minimum atomic E-state index is 0.212. The molecule has 1 saturated heterocycles. The molecule has 0 aromatic heterocycles. The van der Waals surface area contributed by atoms with Gasteiger partial charge in [-0.05, 0) is 68.7 Å². The van der Waals surface area contributed by atoms with Gasteiger partial charge in [-0.3, -0.25) is 4.79 Å². The van der Waals surface area contributed by atoms with Crippen LogP contribution in [-0.2, 0) is 0 Å². The van der Waals surface area contributed by atoms with Crippen LogP contribution < -0.4 is 9.80 Å².